The molecule has 0 bridgehead atoms. The van der Waals surface area contributed by atoms with E-state index >= 15 is 0 Å². The van der Waals surface area contributed by atoms with Crippen LogP contribution in [0.1, 0.15) is 36.1 Å². The molecule has 0 saturated heterocycles. The van der Waals surface area contributed by atoms with Crippen molar-refractivity contribution in [3.63, 3.8) is 0 Å². The van der Waals surface area contributed by atoms with Gasteiger partial charge in [-0.15, -0.1) is 0 Å². The lowest BCUT2D eigenvalue weighted by molar-refractivity contribution is -0.118. The first-order valence-corrected chi connectivity index (χ1v) is 5.07. The monoisotopic (exact) mass is 208 g/mol. The van der Waals surface area contributed by atoms with Gasteiger partial charge in [0.05, 0.1) is 0 Å². The number of amides is 1. The molecule has 2 nitrogen and oxygen atoms in total. The van der Waals surface area contributed by atoms with Crippen molar-refractivity contribution in [2.45, 2.75) is 25.0 Å². The van der Waals surface area contributed by atoms with Gasteiger partial charge < -0.3 is 0 Å². The van der Waals surface area contributed by atoms with Gasteiger partial charge in [-0.05, 0) is 17.0 Å². The third-order valence-electron chi connectivity index (χ3n) is 2.17. The van der Waals surface area contributed by atoms with Crippen molar-refractivity contribution in [2.75, 3.05) is 0 Å². The van der Waals surface area contributed by atoms with Gasteiger partial charge in [0.15, 0.2) is 0 Å². The SMILES string of the molecule is CC(C)c1ccc(C(S)C([NH])=O)cc1. The first-order chi connectivity index (χ1) is 6.52. The Balaban J connectivity index is 2.88. The van der Waals surface area contributed by atoms with E-state index in [-0.39, 0.29) is 0 Å². The molecule has 0 aliphatic rings. The fourth-order valence-electron chi connectivity index (χ4n) is 1.21. The van der Waals surface area contributed by atoms with Gasteiger partial charge in [-0.2, -0.15) is 12.6 Å². The molecule has 1 radical (unpaired) electrons. The molecule has 1 atom stereocenters. The van der Waals surface area contributed by atoms with Gasteiger partial charge in [0.2, 0.25) is 0 Å². The maximum atomic E-state index is 10.8. The zero-order valence-electron chi connectivity index (χ0n) is 8.32. The Hall–Kier alpha value is -0.960. The second-order valence-corrected chi connectivity index (χ2v) is 4.10. The molecule has 0 fully saturated rings. The highest BCUT2D eigenvalue weighted by Gasteiger charge is 2.12. The van der Waals surface area contributed by atoms with Crippen LogP contribution in [-0.2, 0) is 4.79 Å². The molecular formula is C11H14NOS. The maximum absolute atomic E-state index is 10.8. The van der Waals surface area contributed by atoms with Crippen molar-refractivity contribution in [3.8, 4) is 0 Å². The zero-order valence-corrected chi connectivity index (χ0v) is 9.21. The lowest BCUT2D eigenvalue weighted by atomic mass is 10.0. The van der Waals surface area contributed by atoms with Crippen molar-refractivity contribution >= 4 is 18.5 Å². The van der Waals surface area contributed by atoms with E-state index in [2.05, 4.69) is 26.5 Å². The van der Waals surface area contributed by atoms with E-state index in [9.17, 15) is 4.79 Å². The summed E-state index contributed by atoms with van der Waals surface area (Å²) in [6, 6.07) is 7.68. The van der Waals surface area contributed by atoms with E-state index in [0.29, 0.717) is 5.92 Å². The first-order valence-electron chi connectivity index (χ1n) is 4.55. The van der Waals surface area contributed by atoms with Crippen LogP contribution >= 0.6 is 12.6 Å². The molecule has 0 spiro atoms. The minimum Gasteiger partial charge on any atom is -0.272 e. The summed E-state index contributed by atoms with van der Waals surface area (Å²) in [6.45, 7) is 4.23. The molecule has 14 heavy (non-hydrogen) atoms. The van der Waals surface area contributed by atoms with Gasteiger partial charge >= 0.3 is 0 Å². The van der Waals surface area contributed by atoms with E-state index in [4.69, 9.17) is 5.73 Å². The molecule has 1 rings (SSSR count). The number of benzene rings is 1. The normalized spacial score (nSPS) is 12.9. The van der Waals surface area contributed by atoms with Crippen molar-refractivity contribution < 1.29 is 4.79 Å². The Bertz CT molecular complexity index is 319. The molecule has 1 amide bonds. The highest BCUT2D eigenvalue weighted by atomic mass is 32.1. The summed E-state index contributed by atoms with van der Waals surface area (Å²) in [5.74, 6) is -0.181. The number of hydrogen-bond donors (Lipinski definition) is 1. The number of carbonyl (C=O) groups is 1. The topological polar surface area (TPSA) is 40.9 Å². The predicted molar refractivity (Wildman–Crippen MR) is 60.4 cm³/mol. The summed E-state index contributed by atoms with van der Waals surface area (Å²) < 4.78 is 0. The van der Waals surface area contributed by atoms with Gasteiger partial charge in [0.1, 0.15) is 5.25 Å². The standard InChI is InChI=1S/C11H14NOS/c1-7(2)8-3-5-9(6-4-8)10(14)11(12)13/h3-7,10,12,14H,1-2H3. The van der Waals surface area contributed by atoms with E-state index in [1.54, 1.807) is 0 Å². The molecule has 0 heterocycles. The first kappa shape index (κ1) is 11.1. The Kier molecular flexibility index (Phi) is 3.58. The Morgan fingerprint density at radius 3 is 2.00 bits per heavy atom. The molecule has 0 aliphatic heterocycles. The van der Waals surface area contributed by atoms with Crippen LogP contribution in [0.5, 0.6) is 0 Å². The van der Waals surface area contributed by atoms with Crippen LogP contribution in [0.15, 0.2) is 24.3 Å². The highest BCUT2D eigenvalue weighted by Crippen LogP contribution is 2.22. The van der Waals surface area contributed by atoms with E-state index in [1.165, 1.54) is 5.56 Å². The Morgan fingerprint density at radius 1 is 1.21 bits per heavy atom. The molecule has 0 saturated carbocycles. The zero-order chi connectivity index (χ0) is 10.7. The molecule has 75 valence electrons. The molecule has 3 heteroatoms. The summed E-state index contributed by atoms with van der Waals surface area (Å²) in [7, 11) is 0. The minimum absolute atomic E-state index is 0.481. The molecule has 1 N–H and O–H groups in total. The molecular weight excluding hydrogens is 194 g/mol. The summed E-state index contributed by atoms with van der Waals surface area (Å²) in [6.07, 6.45) is 0. The fourth-order valence-corrected chi connectivity index (χ4v) is 1.39. The van der Waals surface area contributed by atoms with Gasteiger partial charge in [0.25, 0.3) is 5.91 Å². The number of nitrogens with one attached hydrogen (secondary N) is 1. The lowest BCUT2D eigenvalue weighted by Gasteiger charge is -2.09. The average Bonchev–Trinajstić information content (AvgIpc) is 2.16. The molecule has 0 aliphatic carbocycles. The predicted octanol–water partition coefficient (Wildman–Crippen LogP) is 2.59. The quantitative estimate of drug-likeness (QED) is 0.762. The van der Waals surface area contributed by atoms with Crippen LogP contribution in [-0.4, -0.2) is 5.91 Å². The minimum atomic E-state index is -0.661. The number of rotatable bonds is 3. The number of hydrogen-bond acceptors (Lipinski definition) is 2. The van der Waals surface area contributed by atoms with Crippen LogP contribution < -0.4 is 5.73 Å². The van der Waals surface area contributed by atoms with Crippen LogP contribution in [0.2, 0.25) is 0 Å². The van der Waals surface area contributed by atoms with Gasteiger partial charge in [-0.1, -0.05) is 38.1 Å². The summed E-state index contributed by atoms with van der Waals surface area (Å²) >= 11 is 4.06. The summed E-state index contributed by atoms with van der Waals surface area (Å²) in [5.41, 5.74) is 8.96. The molecule has 1 aromatic rings. The highest BCUT2D eigenvalue weighted by molar-refractivity contribution is 7.81. The van der Waals surface area contributed by atoms with Crippen molar-refractivity contribution in [3.05, 3.63) is 35.4 Å². The second-order valence-electron chi connectivity index (χ2n) is 3.59. The Morgan fingerprint density at radius 2 is 1.64 bits per heavy atom. The van der Waals surface area contributed by atoms with E-state index in [0.717, 1.165) is 5.56 Å². The van der Waals surface area contributed by atoms with Crippen LogP contribution in [0.25, 0.3) is 0 Å². The second kappa shape index (κ2) is 4.51. The van der Waals surface area contributed by atoms with Crippen molar-refractivity contribution in [1.82, 2.24) is 5.73 Å². The van der Waals surface area contributed by atoms with E-state index in [1.807, 2.05) is 24.3 Å². The van der Waals surface area contributed by atoms with E-state index < -0.39 is 11.2 Å². The average molecular weight is 208 g/mol. The van der Waals surface area contributed by atoms with Crippen LogP contribution in [0.3, 0.4) is 0 Å². The summed E-state index contributed by atoms with van der Waals surface area (Å²) in [4.78, 5) is 10.8. The molecule has 1 unspecified atom stereocenters. The number of thiol groups is 1. The number of carbonyl (C=O) groups excluding carboxylic acids is 1. The van der Waals surface area contributed by atoms with Crippen molar-refractivity contribution in [2.24, 2.45) is 0 Å². The van der Waals surface area contributed by atoms with Crippen LogP contribution in [0.4, 0.5) is 0 Å². The largest absolute Gasteiger partial charge is 0.272 e. The van der Waals surface area contributed by atoms with Crippen LogP contribution in [0, 0.1) is 0 Å². The fraction of sp³-hybridized carbons (Fsp3) is 0.364. The van der Waals surface area contributed by atoms with Gasteiger partial charge in [-0.25, -0.2) is 0 Å². The summed E-state index contributed by atoms with van der Waals surface area (Å²) in [5, 5.41) is -0.615. The smallest absolute Gasteiger partial charge is 0.255 e. The Labute approximate surface area is 89.9 Å². The maximum Gasteiger partial charge on any atom is 0.255 e. The lowest BCUT2D eigenvalue weighted by Crippen LogP contribution is -2.07. The molecule has 1 aromatic carbocycles. The van der Waals surface area contributed by atoms with Crippen molar-refractivity contribution in [1.29, 1.82) is 0 Å². The third kappa shape index (κ3) is 2.51. The van der Waals surface area contributed by atoms with Gasteiger partial charge in [0, 0.05) is 0 Å². The van der Waals surface area contributed by atoms with Gasteiger partial charge in [-0.3, -0.25) is 10.5 Å². The third-order valence-corrected chi connectivity index (χ3v) is 2.70. The molecule has 0 aromatic heterocycles.